The molecule has 1 aromatic carbocycles. The van der Waals surface area contributed by atoms with Crippen LogP contribution in [0.4, 0.5) is 15.8 Å². The number of carbonyl (C=O) groups excluding carboxylic acids is 1. The van der Waals surface area contributed by atoms with E-state index in [1.165, 1.54) is 12.1 Å². The van der Waals surface area contributed by atoms with E-state index in [2.05, 4.69) is 6.92 Å². The van der Waals surface area contributed by atoms with Crippen LogP contribution in [0.5, 0.6) is 0 Å². The minimum absolute atomic E-state index is 0.0931. The van der Waals surface area contributed by atoms with Crippen molar-refractivity contribution >= 4 is 17.3 Å². The largest absolute Gasteiger partial charge is 0.397 e. The number of halogens is 1. The van der Waals surface area contributed by atoms with Crippen molar-refractivity contribution in [1.29, 1.82) is 0 Å². The Morgan fingerprint density at radius 3 is 2.71 bits per heavy atom. The van der Waals surface area contributed by atoms with Crippen molar-refractivity contribution in [2.45, 2.75) is 19.8 Å². The van der Waals surface area contributed by atoms with Crippen LogP contribution in [-0.4, -0.2) is 19.0 Å². The van der Waals surface area contributed by atoms with E-state index in [0.29, 0.717) is 17.9 Å². The lowest BCUT2D eigenvalue weighted by Gasteiger charge is -2.24. The summed E-state index contributed by atoms with van der Waals surface area (Å²) in [6.07, 6.45) is 1.92. The molecule has 0 aliphatic carbocycles. The molecule has 0 fully saturated rings. The molecule has 5 heteroatoms. The minimum Gasteiger partial charge on any atom is -0.397 e. The summed E-state index contributed by atoms with van der Waals surface area (Å²) >= 11 is 0. The van der Waals surface area contributed by atoms with Gasteiger partial charge in [0.25, 0.3) is 0 Å². The first-order chi connectivity index (χ1) is 8.04. The Bertz CT molecular complexity index is 395. The van der Waals surface area contributed by atoms with Crippen LogP contribution in [0.1, 0.15) is 19.8 Å². The van der Waals surface area contributed by atoms with Gasteiger partial charge in [-0.05, 0) is 24.6 Å². The van der Waals surface area contributed by atoms with Crippen LogP contribution < -0.4 is 16.4 Å². The maximum atomic E-state index is 12.9. The predicted octanol–water partition coefficient (Wildman–Crippen LogP) is 1.50. The molecule has 17 heavy (non-hydrogen) atoms. The summed E-state index contributed by atoms with van der Waals surface area (Å²) in [5, 5.41) is 0. The number of nitrogens with two attached hydrogens (primary N) is 2. The van der Waals surface area contributed by atoms with Gasteiger partial charge in [-0.1, -0.05) is 13.3 Å². The van der Waals surface area contributed by atoms with Crippen molar-refractivity contribution in [2.75, 3.05) is 23.7 Å². The number of hydrogen-bond acceptors (Lipinski definition) is 3. The average molecular weight is 239 g/mol. The third-order valence-electron chi connectivity index (χ3n) is 2.46. The van der Waals surface area contributed by atoms with E-state index < -0.39 is 5.91 Å². The van der Waals surface area contributed by atoms with Gasteiger partial charge in [0.15, 0.2) is 0 Å². The van der Waals surface area contributed by atoms with Gasteiger partial charge in [-0.2, -0.15) is 0 Å². The average Bonchev–Trinajstić information content (AvgIpc) is 2.24. The molecule has 0 aliphatic heterocycles. The molecule has 1 rings (SSSR count). The summed E-state index contributed by atoms with van der Waals surface area (Å²) in [7, 11) is 0. The Balaban J connectivity index is 2.90. The Kier molecular flexibility index (Phi) is 4.75. The lowest BCUT2D eigenvalue weighted by atomic mass is 10.2. The van der Waals surface area contributed by atoms with Crippen molar-refractivity contribution in [3.63, 3.8) is 0 Å². The predicted molar refractivity (Wildman–Crippen MR) is 67.1 cm³/mol. The Morgan fingerprint density at radius 2 is 2.18 bits per heavy atom. The summed E-state index contributed by atoms with van der Waals surface area (Å²) in [6.45, 7) is 2.82. The maximum Gasteiger partial charge on any atom is 0.236 e. The number of benzene rings is 1. The molecule has 4 nitrogen and oxygen atoms in total. The van der Waals surface area contributed by atoms with Gasteiger partial charge < -0.3 is 16.4 Å². The van der Waals surface area contributed by atoms with Gasteiger partial charge in [0.2, 0.25) is 5.91 Å². The van der Waals surface area contributed by atoms with E-state index in [9.17, 15) is 9.18 Å². The van der Waals surface area contributed by atoms with Crippen molar-refractivity contribution in [3.8, 4) is 0 Å². The van der Waals surface area contributed by atoms with Crippen LogP contribution in [-0.2, 0) is 4.79 Å². The lowest BCUT2D eigenvalue weighted by Crippen LogP contribution is -2.35. The zero-order valence-corrected chi connectivity index (χ0v) is 9.95. The van der Waals surface area contributed by atoms with Crippen molar-refractivity contribution < 1.29 is 9.18 Å². The molecule has 1 aromatic rings. The molecule has 0 saturated carbocycles. The molecular formula is C12H18FN3O. The van der Waals surface area contributed by atoms with E-state index in [-0.39, 0.29) is 12.4 Å². The number of rotatable bonds is 6. The van der Waals surface area contributed by atoms with E-state index in [0.717, 1.165) is 12.8 Å². The second kappa shape index (κ2) is 6.08. The van der Waals surface area contributed by atoms with Gasteiger partial charge in [-0.3, -0.25) is 4.79 Å². The van der Waals surface area contributed by atoms with Gasteiger partial charge in [0.1, 0.15) is 5.82 Å². The molecule has 0 spiro atoms. The van der Waals surface area contributed by atoms with Gasteiger partial charge >= 0.3 is 0 Å². The number of primary amides is 1. The molecule has 0 aromatic heterocycles. The third kappa shape index (κ3) is 3.94. The van der Waals surface area contributed by atoms with Crippen LogP contribution in [0.3, 0.4) is 0 Å². The topological polar surface area (TPSA) is 72.3 Å². The fourth-order valence-corrected chi connectivity index (χ4v) is 1.64. The van der Waals surface area contributed by atoms with Crippen LogP contribution in [0, 0.1) is 5.82 Å². The summed E-state index contributed by atoms with van der Waals surface area (Å²) in [5.74, 6) is -0.814. The molecular weight excluding hydrogens is 221 g/mol. The van der Waals surface area contributed by atoms with Gasteiger partial charge in [0.05, 0.1) is 17.9 Å². The number of hydrogen-bond donors (Lipinski definition) is 2. The normalized spacial score (nSPS) is 10.2. The third-order valence-corrected chi connectivity index (χ3v) is 2.46. The molecule has 0 bridgehead atoms. The van der Waals surface area contributed by atoms with Crippen molar-refractivity contribution in [2.24, 2.45) is 5.73 Å². The van der Waals surface area contributed by atoms with Gasteiger partial charge in [-0.25, -0.2) is 4.39 Å². The van der Waals surface area contributed by atoms with Crippen molar-refractivity contribution in [3.05, 3.63) is 24.0 Å². The molecule has 4 N–H and O–H groups in total. The maximum absolute atomic E-state index is 12.9. The highest BCUT2D eigenvalue weighted by atomic mass is 19.1. The van der Waals surface area contributed by atoms with E-state index in [1.54, 1.807) is 11.0 Å². The Hall–Kier alpha value is -1.78. The summed E-state index contributed by atoms with van der Waals surface area (Å²) in [6, 6.07) is 4.14. The highest BCUT2D eigenvalue weighted by molar-refractivity contribution is 5.81. The van der Waals surface area contributed by atoms with Crippen molar-refractivity contribution in [1.82, 2.24) is 0 Å². The van der Waals surface area contributed by atoms with Gasteiger partial charge in [-0.15, -0.1) is 0 Å². The molecule has 0 radical (unpaired) electrons. The molecule has 0 aliphatic rings. The molecule has 0 unspecified atom stereocenters. The first kappa shape index (κ1) is 13.3. The van der Waals surface area contributed by atoms with E-state index in [1.807, 2.05) is 0 Å². The van der Waals surface area contributed by atoms with E-state index >= 15 is 0 Å². The lowest BCUT2D eigenvalue weighted by molar-refractivity contribution is -0.116. The van der Waals surface area contributed by atoms with Crippen LogP contribution >= 0.6 is 0 Å². The van der Waals surface area contributed by atoms with Crippen LogP contribution in [0.2, 0.25) is 0 Å². The Morgan fingerprint density at radius 1 is 1.47 bits per heavy atom. The van der Waals surface area contributed by atoms with Crippen LogP contribution in [0.15, 0.2) is 18.2 Å². The summed E-state index contributed by atoms with van der Waals surface area (Å²) < 4.78 is 12.9. The smallest absolute Gasteiger partial charge is 0.236 e. The number of nitrogen functional groups attached to an aromatic ring is 1. The zero-order chi connectivity index (χ0) is 12.8. The molecule has 1 amide bonds. The molecule has 0 saturated heterocycles. The number of unbranched alkanes of at least 4 members (excludes halogenated alkanes) is 1. The molecule has 0 atom stereocenters. The second-order valence-electron chi connectivity index (χ2n) is 3.94. The summed E-state index contributed by atoms with van der Waals surface area (Å²) in [4.78, 5) is 12.8. The molecule has 0 heterocycles. The quantitative estimate of drug-likeness (QED) is 0.739. The summed E-state index contributed by atoms with van der Waals surface area (Å²) in [5.41, 5.74) is 11.9. The second-order valence-corrected chi connectivity index (χ2v) is 3.94. The fraction of sp³-hybridized carbons (Fsp3) is 0.417. The first-order valence-corrected chi connectivity index (χ1v) is 5.63. The highest BCUT2D eigenvalue weighted by Gasteiger charge is 2.12. The fourth-order valence-electron chi connectivity index (χ4n) is 1.64. The zero-order valence-electron chi connectivity index (χ0n) is 9.95. The number of amides is 1. The number of anilines is 2. The number of nitrogens with zero attached hydrogens (tertiary/aromatic N) is 1. The standard InChI is InChI=1S/C12H18FN3O/c1-2-3-6-16(8-12(15)17)11-5-4-9(13)7-10(11)14/h4-5,7H,2-3,6,8,14H2,1H3,(H2,15,17). The first-order valence-electron chi connectivity index (χ1n) is 5.63. The molecule has 94 valence electrons. The van der Waals surface area contributed by atoms with Crippen LogP contribution in [0.25, 0.3) is 0 Å². The minimum atomic E-state index is -0.426. The monoisotopic (exact) mass is 239 g/mol. The number of carbonyl (C=O) groups is 1. The van der Waals surface area contributed by atoms with E-state index in [4.69, 9.17) is 11.5 Å². The van der Waals surface area contributed by atoms with Gasteiger partial charge in [0, 0.05) is 6.54 Å². The SMILES string of the molecule is CCCCN(CC(N)=O)c1ccc(F)cc1N. The highest BCUT2D eigenvalue weighted by Crippen LogP contribution is 2.24. The Labute approximate surface area is 100 Å².